The normalized spacial score (nSPS) is 12.1. The summed E-state index contributed by atoms with van der Waals surface area (Å²) in [6, 6.07) is 50.7. The molecule has 0 saturated carbocycles. The van der Waals surface area contributed by atoms with Gasteiger partial charge in [-0.05, 0) is 53.4 Å². The molecule has 276 valence electrons. The third-order valence-electron chi connectivity index (χ3n) is 12.4. The Labute approximate surface area is 348 Å². The van der Waals surface area contributed by atoms with Gasteiger partial charge in [0.25, 0.3) is 0 Å². The summed E-state index contributed by atoms with van der Waals surface area (Å²) >= 11 is -0.826. The third kappa shape index (κ3) is 5.74. The van der Waals surface area contributed by atoms with E-state index in [1.807, 2.05) is 0 Å². The van der Waals surface area contributed by atoms with Crippen molar-refractivity contribution in [3.8, 4) is 22.3 Å². The molecule has 0 atom stereocenters. The molecule has 0 fully saturated rings. The van der Waals surface area contributed by atoms with E-state index in [-0.39, 0.29) is 0 Å². The molecule has 0 amide bonds. The van der Waals surface area contributed by atoms with Gasteiger partial charge in [0.05, 0.1) is 0 Å². The standard InChI is InChI=1S/C50H44N2Si.2ClH.Zr/c1-30(2)40-29-42-35(33-23-25-48-44(28-33)37-15-9-11-21-46(37)52(48)5)17-13-19-39(42)50(40)53(6,7)49-31(3)26-41-34(16-12-18-38(41)49)32-22-24-47-43(27-32)36-14-8-10-20-45(36)51(47)4;;;/h8-30H,1-7H3;2*1H;/q-2;;;+4/p-2. The molecule has 0 aliphatic heterocycles. The summed E-state index contributed by atoms with van der Waals surface area (Å²) in [4.78, 5) is 0. The van der Waals surface area contributed by atoms with Crippen LogP contribution in [0.2, 0.25) is 13.1 Å². The Bertz CT molecular complexity index is 3140. The average molecular weight is 863 g/mol. The number of rotatable bonds is 5. The first-order chi connectivity index (χ1) is 27.0. The van der Waals surface area contributed by atoms with Crippen molar-refractivity contribution in [1.29, 1.82) is 0 Å². The Morgan fingerprint density at radius 1 is 0.518 bits per heavy atom. The van der Waals surface area contributed by atoms with E-state index >= 15 is 0 Å². The van der Waals surface area contributed by atoms with Crippen LogP contribution in [0, 0.1) is 6.92 Å². The van der Waals surface area contributed by atoms with Crippen molar-refractivity contribution in [2.45, 2.75) is 39.8 Å². The fraction of sp³-hybridized carbons (Fsp3) is 0.160. The SMILES string of the molecule is Cc1cc2c(-c3ccc4c(c3)c3ccccc3n4C)cccc2[c-]1[Si](C)(C)[c-]1c(C(C)C)cc2c(-c3ccc4c(c3)c3ccccc3n4C)cccc21.[Cl][Zr+2][Cl]. The molecular formula is C50H44Cl2N2SiZr. The average Bonchev–Trinajstić information content (AvgIpc) is 3.93. The predicted molar refractivity (Wildman–Crippen MR) is 245 cm³/mol. The molecule has 0 aliphatic rings. The molecular weight excluding hydrogens is 819 g/mol. The van der Waals surface area contributed by atoms with Gasteiger partial charge in [-0.15, -0.1) is 67.3 Å². The van der Waals surface area contributed by atoms with Gasteiger partial charge < -0.3 is 9.13 Å². The summed E-state index contributed by atoms with van der Waals surface area (Å²) in [6.45, 7) is 12.3. The number of fused-ring (bicyclic) bond motifs is 8. The van der Waals surface area contributed by atoms with Crippen LogP contribution in [0.25, 0.3) is 87.4 Å². The summed E-state index contributed by atoms with van der Waals surface area (Å²) in [5.41, 5.74) is 13.2. The molecule has 8 aromatic carbocycles. The number of aromatic nitrogens is 2. The van der Waals surface area contributed by atoms with Gasteiger partial charge in [-0.25, -0.2) is 0 Å². The van der Waals surface area contributed by atoms with Crippen molar-refractivity contribution in [3.05, 3.63) is 145 Å². The molecule has 2 nitrogen and oxygen atoms in total. The molecule has 0 radical (unpaired) electrons. The molecule has 56 heavy (non-hydrogen) atoms. The van der Waals surface area contributed by atoms with E-state index in [1.165, 1.54) is 98.5 Å². The van der Waals surface area contributed by atoms with E-state index in [2.05, 4.69) is 191 Å². The van der Waals surface area contributed by atoms with Crippen LogP contribution >= 0.6 is 17.0 Å². The van der Waals surface area contributed by atoms with Crippen LogP contribution < -0.4 is 10.4 Å². The van der Waals surface area contributed by atoms with Crippen molar-refractivity contribution < 1.29 is 20.8 Å². The molecule has 6 heteroatoms. The number of halogens is 2. The van der Waals surface area contributed by atoms with Gasteiger partial charge in [-0.2, -0.15) is 12.1 Å². The fourth-order valence-corrected chi connectivity index (χ4v) is 14.2. The molecule has 2 heterocycles. The first kappa shape index (κ1) is 37.4. The van der Waals surface area contributed by atoms with Gasteiger partial charge in [0.1, 0.15) is 0 Å². The second kappa shape index (κ2) is 14.3. The van der Waals surface area contributed by atoms with Crippen LogP contribution in [0.1, 0.15) is 30.9 Å². The Kier molecular flexibility index (Phi) is 9.57. The van der Waals surface area contributed by atoms with Gasteiger partial charge >= 0.3 is 37.9 Å². The number of hydrogen-bond acceptors (Lipinski definition) is 0. The van der Waals surface area contributed by atoms with E-state index in [4.69, 9.17) is 17.0 Å². The second-order valence-electron chi connectivity index (χ2n) is 16.2. The maximum atomic E-state index is 4.93. The van der Waals surface area contributed by atoms with Crippen molar-refractivity contribution in [1.82, 2.24) is 9.13 Å². The number of aryl methyl sites for hydroxylation is 3. The number of hydrogen-bond donors (Lipinski definition) is 0. The van der Waals surface area contributed by atoms with E-state index in [0.717, 1.165) is 0 Å². The van der Waals surface area contributed by atoms with Crippen molar-refractivity contribution in [2.24, 2.45) is 14.1 Å². The van der Waals surface area contributed by atoms with E-state index in [1.54, 1.807) is 10.4 Å². The predicted octanol–water partition coefficient (Wildman–Crippen LogP) is 13.7. The van der Waals surface area contributed by atoms with Gasteiger partial charge in [-0.3, -0.25) is 0 Å². The first-order valence-corrected chi connectivity index (χ1v) is 28.7. The van der Waals surface area contributed by atoms with Crippen molar-refractivity contribution in [3.63, 3.8) is 0 Å². The molecule has 10 rings (SSSR count). The maximum absolute atomic E-state index is 4.93. The zero-order valence-electron chi connectivity index (χ0n) is 32.9. The summed E-state index contributed by atoms with van der Waals surface area (Å²) in [7, 11) is 12.0. The minimum absolute atomic E-state index is 0.419. The van der Waals surface area contributed by atoms with Gasteiger partial charge in [0.2, 0.25) is 0 Å². The Morgan fingerprint density at radius 3 is 1.46 bits per heavy atom. The molecule has 0 saturated heterocycles. The Balaban J connectivity index is 0.00000133. The summed E-state index contributed by atoms with van der Waals surface area (Å²) in [5.74, 6) is 0.419. The molecule has 0 aliphatic carbocycles. The van der Waals surface area contributed by atoms with E-state index in [0.29, 0.717) is 5.92 Å². The molecule has 2 aromatic heterocycles. The van der Waals surface area contributed by atoms with E-state index < -0.39 is 28.9 Å². The molecule has 0 N–H and O–H groups in total. The van der Waals surface area contributed by atoms with Crippen LogP contribution in [0.3, 0.4) is 0 Å². The van der Waals surface area contributed by atoms with Crippen LogP contribution in [-0.4, -0.2) is 17.2 Å². The molecule has 0 unspecified atom stereocenters. The zero-order valence-corrected chi connectivity index (χ0v) is 37.9. The van der Waals surface area contributed by atoms with Gasteiger partial charge in [0.15, 0.2) is 0 Å². The third-order valence-corrected chi connectivity index (χ3v) is 16.1. The molecule has 0 spiro atoms. The quantitative estimate of drug-likeness (QED) is 0.121. The molecule has 0 bridgehead atoms. The zero-order chi connectivity index (χ0) is 39.0. The summed E-state index contributed by atoms with van der Waals surface area (Å²) < 4.78 is 4.64. The Morgan fingerprint density at radius 2 is 0.964 bits per heavy atom. The number of nitrogens with zero attached hydrogens (tertiary/aromatic N) is 2. The number of para-hydroxylation sites is 2. The summed E-state index contributed by atoms with van der Waals surface area (Å²) in [5, 5.41) is 14.0. The number of benzene rings is 6. The van der Waals surface area contributed by atoms with Crippen LogP contribution in [-0.2, 0) is 34.9 Å². The van der Waals surface area contributed by atoms with Crippen molar-refractivity contribution >= 4 is 101 Å². The molecule has 10 aromatic rings. The monoisotopic (exact) mass is 860 g/mol. The second-order valence-corrected chi connectivity index (χ2v) is 24.2. The van der Waals surface area contributed by atoms with Crippen molar-refractivity contribution in [2.75, 3.05) is 0 Å². The van der Waals surface area contributed by atoms with Gasteiger partial charge in [-0.1, -0.05) is 106 Å². The Hall–Kier alpha value is -4.18. The topological polar surface area (TPSA) is 9.86 Å². The van der Waals surface area contributed by atoms with Crippen LogP contribution in [0.15, 0.2) is 133 Å². The van der Waals surface area contributed by atoms with Crippen LogP contribution in [0.5, 0.6) is 0 Å². The van der Waals surface area contributed by atoms with Crippen LogP contribution in [0.4, 0.5) is 0 Å². The minimum atomic E-state index is -2.24. The first-order valence-electron chi connectivity index (χ1n) is 19.4. The van der Waals surface area contributed by atoms with Gasteiger partial charge in [0, 0.05) is 65.8 Å². The van der Waals surface area contributed by atoms with E-state index in [9.17, 15) is 0 Å². The summed E-state index contributed by atoms with van der Waals surface area (Å²) in [6.07, 6.45) is 0. The fourth-order valence-electron chi connectivity index (χ4n) is 10.0.